The van der Waals surface area contributed by atoms with E-state index >= 15 is 0 Å². The summed E-state index contributed by atoms with van der Waals surface area (Å²) in [5.41, 5.74) is 1.28. The van der Waals surface area contributed by atoms with Gasteiger partial charge in [-0.25, -0.2) is 4.79 Å². The lowest BCUT2D eigenvalue weighted by atomic mass is 10.1. The Bertz CT molecular complexity index is 806. The summed E-state index contributed by atoms with van der Waals surface area (Å²) < 4.78 is 5.24. The maximum absolute atomic E-state index is 12.7. The molecule has 30 heavy (non-hydrogen) atoms. The number of thioether (sulfide) groups is 1. The average molecular weight is 449 g/mol. The SMILES string of the molecule is CCCCNC(=O)CCCCCN1C(=O)/C(=C/c2ccc(C(=O)OC)cc2)SC1=S. The second-order valence-electron chi connectivity index (χ2n) is 6.96. The normalized spacial score (nSPS) is 15.0. The molecule has 8 heteroatoms. The number of rotatable bonds is 11. The average Bonchev–Trinajstić information content (AvgIpc) is 3.00. The van der Waals surface area contributed by atoms with Crippen LogP contribution >= 0.6 is 24.0 Å². The van der Waals surface area contributed by atoms with Crippen molar-refractivity contribution >= 4 is 52.2 Å². The van der Waals surface area contributed by atoms with Gasteiger partial charge in [0.15, 0.2) is 0 Å². The van der Waals surface area contributed by atoms with Crippen LogP contribution in [0.5, 0.6) is 0 Å². The van der Waals surface area contributed by atoms with Crippen molar-refractivity contribution in [2.75, 3.05) is 20.2 Å². The van der Waals surface area contributed by atoms with Crippen LogP contribution in [-0.4, -0.2) is 47.2 Å². The van der Waals surface area contributed by atoms with Crippen LogP contribution in [0.15, 0.2) is 29.2 Å². The van der Waals surface area contributed by atoms with Crippen molar-refractivity contribution in [2.45, 2.75) is 45.4 Å². The minimum Gasteiger partial charge on any atom is -0.465 e. The van der Waals surface area contributed by atoms with Crippen molar-refractivity contribution < 1.29 is 19.1 Å². The summed E-state index contributed by atoms with van der Waals surface area (Å²) in [5, 5.41) is 2.91. The van der Waals surface area contributed by atoms with Crippen molar-refractivity contribution in [2.24, 2.45) is 0 Å². The molecule has 1 heterocycles. The van der Waals surface area contributed by atoms with Crippen molar-refractivity contribution in [3.05, 3.63) is 40.3 Å². The molecule has 0 aliphatic carbocycles. The fourth-order valence-electron chi connectivity index (χ4n) is 2.90. The van der Waals surface area contributed by atoms with Gasteiger partial charge in [-0.3, -0.25) is 14.5 Å². The molecule has 0 atom stereocenters. The van der Waals surface area contributed by atoms with Gasteiger partial charge in [0.2, 0.25) is 5.91 Å². The highest BCUT2D eigenvalue weighted by Gasteiger charge is 2.31. The molecular formula is C22H28N2O4S2. The zero-order valence-electron chi connectivity index (χ0n) is 17.4. The summed E-state index contributed by atoms with van der Waals surface area (Å²) in [6.45, 7) is 3.39. The molecule has 1 aromatic carbocycles. The molecule has 6 nitrogen and oxygen atoms in total. The number of benzene rings is 1. The fraction of sp³-hybridized carbons (Fsp3) is 0.455. The Balaban J connectivity index is 1.79. The first-order valence-corrected chi connectivity index (χ1v) is 11.4. The number of hydrogen-bond donors (Lipinski definition) is 1. The fourth-order valence-corrected chi connectivity index (χ4v) is 4.21. The lowest BCUT2D eigenvalue weighted by Gasteiger charge is -2.14. The number of amides is 2. The number of ether oxygens (including phenoxy) is 1. The lowest BCUT2D eigenvalue weighted by Crippen LogP contribution is -2.29. The van der Waals surface area contributed by atoms with E-state index in [0.29, 0.717) is 27.8 Å². The Morgan fingerprint density at radius 3 is 2.57 bits per heavy atom. The molecule has 0 radical (unpaired) electrons. The predicted octanol–water partition coefficient (Wildman–Crippen LogP) is 4.15. The first kappa shape index (κ1) is 24.1. The minimum absolute atomic E-state index is 0.0928. The van der Waals surface area contributed by atoms with Crippen molar-refractivity contribution in [1.82, 2.24) is 10.2 Å². The highest BCUT2D eigenvalue weighted by Crippen LogP contribution is 2.32. The number of carbonyl (C=O) groups is 3. The number of esters is 1. The van der Waals surface area contributed by atoms with Gasteiger partial charge in [-0.15, -0.1) is 0 Å². The summed E-state index contributed by atoms with van der Waals surface area (Å²) in [6.07, 6.45) is 6.84. The molecule has 2 amide bonds. The van der Waals surface area contributed by atoms with Crippen LogP contribution in [-0.2, 0) is 14.3 Å². The molecular weight excluding hydrogens is 420 g/mol. The van der Waals surface area contributed by atoms with E-state index in [0.717, 1.165) is 44.2 Å². The largest absolute Gasteiger partial charge is 0.465 e. The van der Waals surface area contributed by atoms with Crippen LogP contribution in [0, 0.1) is 0 Å². The van der Waals surface area contributed by atoms with Gasteiger partial charge >= 0.3 is 5.97 Å². The van der Waals surface area contributed by atoms with Crippen LogP contribution < -0.4 is 5.32 Å². The lowest BCUT2D eigenvalue weighted by molar-refractivity contribution is -0.122. The van der Waals surface area contributed by atoms with Gasteiger partial charge in [-0.05, 0) is 43.0 Å². The van der Waals surface area contributed by atoms with Crippen molar-refractivity contribution in [3.63, 3.8) is 0 Å². The number of methoxy groups -OCH3 is 1. The summed E-state index contributed by atoms with van der Waals surface area (Å²) in [4.78, 5) is 38.1. The molecule has 1 aromatic rings. The second kappa shape index (κ2) is 12.5. The van der Waals surface area contributed by atoms with Gasteiger partial charge in [0, 0.05) is 19.5 Å². The molecule has 1 N–H and O–H groups in total. The third-order valence-electron chi connectivity index (χ3n) is 4.64. The summed E-state index contributed by atoms with van der Waals surface area (Å²) in [5.74, 6) is -0.402. The molecule has 162 valence electrons. The van der Waals surface area contributed by atoms with Crippen LogP contribution in [0.3, 0.4) is 0 Å². The number of nitrogens with one attached hydrogen (secondary N) is 1. The number of nitrogens with zero attached hydrogens (tertiary/aromatic N) is 1. The predicted molar refractivity (Wildman–Crippen MR) is 124 cm³/mol. The number of unbranched alkanes of at least 4 members (excludes halogenated alkanes) is 3. The van der Waals surface area contributed by atoms with E-state index in [2.05, 4.69) is 17.0 Å². The Morgan fingerprint density at radius 2 is 1.90 bits per heavy atom. The van der Waals surface area contributed by atoms with E-state index in [-0.39, 0.29) is 11.8 Å². The van der Waals surface area contributed by atoms with Gasteiger partial charge in [-0.1, -0.05) is 55.9 Å². The van der Waals surface area contributed by atoms with Crippen LogP contribution in [0.2, 0.25) is 0 Å². The summed E-state index contributed by atoms with van der Waals surface area (Å²) in [6, 6.07) is 6.86. The highest BCUT2D eigenvalue weighted by molar-refractivity contribution is 8.26. The van der Waals surface area contributed by atoms with Crippen LogP contribution in [0.25, 0.3) is 6.08 Å². The zero-order valence-corrected chi connectivity index (χ0v) is 19.1. The van der Waals surface area contributed by atoms with Gasteiger partial charge in [0.25, 0.3) is 5.91 Å². The monoisotopic (exact) mass is 448 g/mol. The van der Waals surface area contributed by atoms with Gasteiger partial charge in [0.1, 0.15) is 4.32 Å². The Kier molecular flexibility index (Phi) is 10.0. The third kappa shape index (κ3) is 7.25. The molecule has 1 fully saturated rings. The Morgan fingerprint density at radius 1 is 1.17 bits per heavy atom. The van der Waals surface area contributed by atoms with E-state index in [9.17, 15) is 14.4 Å². The van der Waals surface area contributed by atoms with E-state index in [1.165, 1.54) is 18.9 Å². The van der Waals surface area contributed by atoms with E-state index in [1.807, 2.05) is 0 Å². The van der Waals surface area contributed by atoms with E-state index in [4.69, 9.17) is 12.2 Å². The highest BCUT2D eigenvalue weighted by atomic mass is 32.2. The molecule has 1 aliphatic rings. The molecule has 1 aliphatic heterocycles. The standard InChI is InChI=1S/C22H28N2O4S2/c1-3-4-13-23-19(25)8-6-5-7-14-24-20(26)18(30-22(24)29)15-16-9-11-17(12-10-16)21(27)28-2/h9-12,15H,3-8,13-14H2,1-2H3,(H,23,25)/b18-15-. The number of hydrogen-bond acceptors (Lipinski definition) is 6. The van der Waals surface area contributed by atoms with E-state index in [1.54, 1.807) is 35.2 Å². The second-order valence-corrected chi connectivity index (χ2v) is 8.64. The number of carbonyl (C=O) groups excluding carboxylic acids is 3. The minimum atomic E-state index is -0.397. The van der Waals surface area contributed by atoms with Crippen molar-refractivity contribution in [3.8, 4) is 0 Å². The third-order valence-corrected chi connectivity index (χ3v) is 6.02. The van der Waals surface area contributed by atoms with Crippen LogP contribution in [0.1, 0.15) is 61.4 Å². The first-order chi connectivity index (χ1) is 14.5. The molecule has 0 unspecified atom stereocenters. The first-order valence-electron chi connectivity index (χ1n) is 10.2. The summed E-state index contributed by atoms with van der Waals surface area (Å²) >= 11 is 6.65. The van der Waals surface area contributed by atoms with Crippen LogP contribution in [0.4, 0.5) is 0 Å². The maximum Gasteiger partial charge on any atom is 0.337 e. The molecule has 0 saturated carbocycles. The van der Waals surface area contributed by atoms with Gasteiger partial charge in [-0.2, -0.15) is 0 Å². The molecule has 0 bridgehead atoms. The molecule has 0 spiro atoms. The van der Waals surface area contributed by atoms with Crippen molar-refractivity contribution in [1.29, 1.82) is 0 Å². The zero-order chi connectivity index (χ0) is 21.9. The molecule has 1 saturated heterocycles. The quantitative estimate of drug-likeness (QED) is 0.237. The van der Waals surface area contributed by atoms with E-state index < -0.39 is 5.97 Å². The Labute approximate surface area is 187 Å². The smallest absolute Gasteiger partial charge is 0.337 e. The summed E-state index contributed by atoms with van der Waals surface area (Å²) in [7, 11) is 1.34. The maximum atomic E-state index is 12.7. The Hall–Kier alpha value is -2.19. The molecule has 0 aromatic heterocycles. The number of thiocarbonyl (C=S) groups is 1. The van der Waals surface area contributed by atoms with Gasteiger partial charge < -0.3 is 10.1 Å². The van der Waals surface area contributed by atoms with Gasteiger partial charge in [0.05, 0.1) is 17.6 Å². The topological polar surface area (TPSA) is 75.7 Å². The molecule has 2 rings (SSSR count).